The van der Waals surface area contributed by atoms with Crippen LogP contribution in [0.4, 0.5) is 0 Å². The summed E-state index contributed by atoms with van der Waals surface area (Å²) in [4.78, 5) is 23.3. The molecule has 2 aliphatic rings. The summed E-state index contributed by atoms with van der Waals surface area (Å²) in [5, 5.41) is 12.0. The first kappa shape index (κ1) is 12.4. The van der Waals surface area contributed by atoms with E-state index >= 15 is 0 Å². The summed E-state index contributed by atoms with van der Waals surface area (Å²) < 4.78 is 5.36. The second-order valence-corrected chi connectivity index (χ2v) is 5.14. The van der Waals surface area contributed by atoms with Gasteiger partial charge in [-0.05, 0) is 25.2 Å². The first-order valence-corrected chi connectivity index (χ1v) is 6.22. The zero-order valence-corrected chi connectivity index (χ0v) is 10.1. The second kappa shape index (κ2) is 4.64. The van der Waals surface area contributed by atoms with Gasteiger partial charge in [-0.25, -0.2) is 4.79 Å². The second-order valence-electron chi connectivity index (χ2n) is 5.14. The van der Waals surface area contributed by atoms with Crippen molar-refractivity contribution in [3.05, 3.63) is 0 Å². The number of nitrogens with one attached hydrogen (secondary N) is 1. The van der Waals surface area contributed by atoms with Gasteiger partial charge >= 0.3 is 5.97 Å². The molecular formula is C12H19NO4. The third-order valence-corrected chi connectivity index (χ3v) is 3.87. The van der Waals surface area contributed by atoms with Gasteiger partial charge in [0.05, 0.1) is 0 Å². The number of ether oxygens (including phenoxy) is 1. The van der Waals surface area contributed by atoms with E-state index in [9.17, 15) is 14.7 Å². The van der Waals surface area contributed by atoms with Crippen molar-refractivity contribution >= 4 is 11.9 Å². The summed E-state index contributed by atoms with van der Waals surface area (Å²) in [7, 11) is 0. The molecule has 0 aromatic heterocycles. The number of carbonyl (C=O) groups excluding carboxylic acids is 1. The normalized spacial score (nSPS) is 31.4. The number of aliphatic carboxylic acids is 1. The van der Waals surface area contributed by atoms with Crippen LogP contribution in [0, 0.1) is 5.92 Å². The van der Waals surface area contributed by atoms with Crippen molar-refractivity contribution in [3.8, 4) is 0 Å². The first-order chi connectivity index (χ1) is 8.05. The van der Waals surface area contributed by atoms with Crippen LogP contribution in [0.5, 0.6) is 0 Å². The third kappa shape index (κ3) is 2.29. The number of carbonyl (C=O) groups is 2. The molecule has 2 fully saturated rings. The fourth-order valence-electron chi connectivity index (χ4n) is 2.71. The maximum atomic E-state index is 12.0. The lowest BCUT2D eigenvalue weighted by Gasteiger charge is -2.27. The van der Waals surface area contributed by atoms with Crippen LogP contribution in [0.15, 0.2) is 0 Å². The van der Waals surface area contributed by atoms with E-state index in [2.05, 4.69) is 5.32 Å². The minimum Gasteiger partial charge on any atom is -0.480 e. The van der Waals surface area contributed by atoms with Crippen molar-refractivity contribution in [3.63, 3.8) is 0 Å². The van der Waals surface area contributed by atoms with Gasteiger partial charge in [0.1, 0.15) is 11.6 Å². The summed E-state index contributed by atoms with van der Waals surface area (Å²) in [5.41, 5.74) is -1.05. The van der Waals surface area contributed by atoms with E-state index in [-0.39, 0.29) is 11.8 Å². The number of carboxylic acids is 1. The standard InChI is InChI=1S/C12H19NO4/c1-8-4-7-17-9(8)10(14)13-12(11(15)16)5-2-3-6-12/h8-9H,2-7H2,1H3,(H,13,14)(H,15,16). The maximum Gasteiger partial charge on any atom is 0.329 e. The third-order valence-electron chi connectivity index (χ3n) is 3.87. The number of hydrogen-bond acceptors (Lipinski definition) is 3. The first-order valence-electron chi connectivity index (χ1n) is 6.22. The summed E-state index contributed by atoms with van der Waals surface area (Å²) in [5.74, 6) is -1.02. The topological polar surface area (TPSA) is 75.6 Å². The lowest BCUT2D eigenvalue weighted by atomic mass is 9.96. The molecule has 1 heterocycles. The zero-order chi connectivity index (χ0) is 12.5. The van der Waals surface area contributed by atoms with Crippen molar-refractivity contribution in [2.75, 3.05) is 6.61 Å². The van der Waals surface area contributed by atoms with Gasteiger partial charge in [-0.15, -0.1) is 0 Å². The molecule has 17 heavy (non-hydrogen) atoms. The maximum absolute atomic E-state index is 12.0. The predicted octanol–water partition coefficient (Wildman–Crippen LogP) is 0.925. The monoisotopic (exact) mass is 241 g/mol. The highest BCUT2D eigenvalue weighted by atomic mass is 16.5. The predicted molar refractivity (Wildman–Crippen MR) is 60.5 cm³/mol. The fraction of sp³-hybridized carbons (Fsp3) is 0.833. The molecule has 5 nitrogen and oxygen atoms in total. The van der Waals surface area contributed by atoms with Crippen molar-refractivity contribution in [1.29, 1.82) is 0 Å². The molecule has 0 aromatic carbocycles. The molecule has 2 atom stereocenters. The summed E-state index contributed by atoms with van der Waals surface area (Å²) >= 11 is 0. The summed E-state index contributed by atoms with van der Waals surface area (Å²) in [6.07, 6.45) is 3.14. The van der Waals surface area contributed by atoms with Gasteiger partial charge < -0.3 is 15.2 Å². The van der Waals surface area contributed by atoms with Crippen LogP contribution < -0.4 is 5.32 Å². The molecule has 2 rings (SSSR count). The van der Waals surface area contributed by atoms with E-state index in [1.165, 1.54) is 0 Å². The van der Waals surface area contributed by atoms with Gasteiger partial charge in [0, 0.05) is 6.61 Å². The van der Waals surface area contributed by atoms with E-state index in [1.807, 2.05) is 6.92 Å². The van der Waals surface area contributed by atoms with E-state index < -0.39 is 17.6 Å². The molecule has 1 amide bonds. The molecule has 5 heteroatoms. The van der Waals surface area contributed by atoms with Crippen molar-refractivity contribution < 1.29 is 19.4 Å². The van der Waals surface area contributed by atoms with Crippen LogP contribution in [0.2, 0.25) is 0 Å². The van der Waals surface area contributed by atoms with Crippen LogP contribution in [0.3, 0.4) is 0 Å². The Morgan fingerprint density at radius 1 is 1.35 bits per heavy atom. The molecule has 96 valence electrons. The Hall–Kier alpha value is -1.10. The largest absolute Gasteiger partial charge is 0.480 e. The lowest BCUT2D eigenvalue weighted by molar-refractivity contribution is -0.149. The van der Waals surface area contributed by atoms with Crippen molar-refractivity contribution in [2.24, 2.45) is 5.92 Å². The Morgan fingerprint density at radius 2 is 2.00 bits per heavy atom. The molecule has 0 bridgehead atoms. The molecular weight excluding hydrogens is 222 g/mol. The van der Waals surface area contributed by atoms with E-state index in [0.717, 1.165) is 19.3 Å². The zero-order valence-electron chi connectivity index (χ0n) is 10.1. The minimum absolute atomic E-state index is 0.169. The van der Waals surface area contributed by atoms with Crippen LogP contribution in [-0.2, 0) is 14.3 Å². The van der Waals surface area contributed by atoms with Gasteiger partial charge in [-0.1, -0.05) is 19.8 Å². The Kier molecular flexibility index (Phi) is 3.38. The van der Waals surface area contributed by atoms with E-state index in [1.54, 1.807) is 0 Å². The quantitative estimate of drug-likeness (QED) is 0.770. The van der Waals surface area contributed by atoms with Crippen molar-refractivity contribution in [2.45, 2.75) is 50.7 Å². The smallest absolute Gasteiger partial charge is 0.329 e. The highest BCUT2D eigenvalue weighted by molar-refractivity contribution is 5.89. The van der Waals surface area contributed by atoms with Crippen LogP contribution >= 0.6 is 0 Å². The Bertz CT molecular complexity index is 322. The molecule has 1 aliphatic heterocycles. The van der Waals surface area contributed by atoms with Crippen LogP contribution in [0.1, 0.15) is 39.0 Å². The van der Waals surface area contributed by atoms with Gasteiger partial charge in [-0.3, -0.25) is 4.79 Å². The molecule has 1 saturated carbocycles. The molecule has 1 aliphatic carbocycles. The summed E-state index contributed by atoms with van der Waals surface area (Å²) in [6.45, 7) is 2.54. The van der Waals surface area contributed by atoms with E-state index in [4.69, 9.17) is 4.74 Å². The highest BCUT2D eigenvalue weighted by Gasteiger charge is 2.44. The minimum atomic E-state index is -1.05. The molecule has 1 saturated heterocycles. The molecule has 2 unspecified atom stereocenters. The Labute approximate surface area is 101 Å². The highest BCUT2D eigenvalue weighted by Crippen LogP contribution is 2.31. The van der Waals surface area contributed by atoms with Gasteiger partial charge in [0.25, 0.3) is 0 Å². The summed E-state index contributed by atoms with van der Waals surface area (Å²) in [6, 6.07) is 0. The SMILES string of the molecule is CC1CCOC1C(=O)NC1(C(=O)O)CCCC1. The Balaban J connectivity index is 2.03. The van der Waals surface area contributed by atoms with Gasteiger partial charge in [0.2, 0.25) is 5.91 Å². The van der Waals surface area contributed by atoms with Crippen LogP contribution in [-0.4, -0.2) is 35.2 Å². The number of carboxylic acid groups (broad SMARTS) is 1. The van der Waals surface area contributed by atoms with E-state index in [0.29, 0.717) is 19.4 Å². The van der Waals surface area contributed by atoms with Gasteiger partial charge in [0.15, 0.2) is 0 Å². The molecule has 0 radical (unpaired) electrons. The number of hydrogen-bond donors (Lipinski definition) is 2. The molecule has 2 N–H and O–H groups in total. The Morgan fingerprint density at radius 3 is 2.47 bits per heavy atom. The van der Waals surface area contributed by atoms with Crippen molar-refractivity contribution in [1.82, 2.24) is 5.32 Å². The fourth-order valence-corrected chi connectivity index (χ4v) is 2.71. The average Bonchev–Trinajstić information content (AvgIpc) is 2.87. The van der Waals surface area contributed by atoms with Crippen LogP contribution in [0.25, 0.3) is 0 Å². The lowest BCUT2D eigenvalue weighted by Crippen LogP contribution is -2.55. The molecule has 0 spiro atoms. The number of amides is 1. The molecule has 0 aromatic rings. The van der Waals surface area contributed by atoms with Gasteiger partial charge in [-0.2, -0.15) is 0 Å². The average molecular weight is 241 g/mol. The number of rotatable bonds is 3.